The Bertz CT molecular complexity index is 705. The van der Waals surface area contributed by atoms with Crippen LogP contribution in [0.1, 0.15) is 53.4 Å². The highest BCUT2D eigenvalue weighted by Gasteiger charge is 2.29. The van der Waals surface area contributed by atoms with Crippen LogP contribution in [-0.2, 0) is 0 Å². The number of anilines is 1. The Morgan fingerprint density at radius 3 is 2.60 bits per heavy atom. The summed E-state index contributed by atoms with van der Waals surface area (Å²) in [6.45, 7) is 9.27. The van der Waals surface area contributed by atoms with Crippen molar-refractivity contribution >= 4 is 28.2 Å². The lowest BCUT2D eigenvalue weighted by molar-refractivity contribution is 0.0831. The number of benzene rings is 1. The molecule has 1 fully saturated rings. The van der Waals surface area contributed by atoms with Crippen molar-refractivity contribution in [1.29, 1.82) is 0 Å². The molecule has 0 saturated heterocycles. The number of nitrogens with zero attached hydrogens (tertiary/aromatic N) is 2. The van der Waals surface area contributed by atoms with Gasteiger partial charge >= 0.3 is 0 Å². The number of halogens is 1. The summed E-state index contributed by atoms with van der Waals surface area (Å²) in [6, 6.07) is 10.4. The van der Waals surface area contributed by atoms with Gasteiger partial charge in [-0.15, -0.1) is 0 Å². The van der Waals surface area contributed by atoms with Crippen LogP contribution in [0.3, 0.4) is 0 Å². The maximum atomic E-state index is 6.11. The largest absolute Gasteiger partial charge is 0.382 e. The highest BCUT2D eigenvalue weighted by atomic mass is 35.5. The molecule has 25 heavy (non-hydrogen) atoms. The molecule has 1 saturated carbocycles. The lowest BCUT2D eigenvalue weighted by Gasteiger charge is -2.42. The molecule has 1 aliphatic carbocycles. The van der Waals surface area contributed by atoms with Crippen LogP contribution in [0.15, 0.2) is 30.5 Å². The second-order valence-electron chi connectivity index (χ2n) is 7.82. The number of hydrogen-bond acceptors (Lipinski definition) is 3. The molecule has 1 aromatic heterocycles. The van der Waals surface area contributed by atoms with Gasteiger partial charge in [0.15, 0.2) is 0 Å². The highest BCUT2D eigenvalue weighted by Crippen LogP contribution is 2.31. The number of fused-ring (bicyclic) bond motifs is 1. The van der Waals surface area contributed by atoms with Gasteiger partial charge in [-0.25, -0.2) is 0 Å². The zero-order valence-electron chi connectivity index (χ0n) is 15.8. The number of aromatic nitrogens is 1. The monoisotopic (exact) mass is 359 g/mol. The minimum Gasteiger partial charge on any atom is -0.382 e. The Morgan fingerprint density at radius 1 is 1.12 bits per heavy atom. The smallest absolute Gasteiger partial charge is 0.0737 e. The lowest BCUT2D eigenvalue weighted by atomic mass is 9.88. The fraction of sp³-hybridized carbons (Fsp3) is 0.571. The molecular formula is C21H30ClN3. The summed E-state index contributed by atoms with van der Waals surface area (Å²) >= 11 is 6.11. The molecule has 0 radical (unpaired) electrons. The van der Waals surface area contributed by atoms with Crippen molar-refractivity contribution in [3.63, 3.8) is 0 Å². The summed E-state index contributed by atoms with van der Waals surface area (Å²) in [5.74, 6) is 0. The number of hydrogen-bond donors (Lipinski definition) is 1. The van der Waals surface area contributed by atoms with Crippen molar-refractivity contribution in [1.82, 2.24) is 9.88 Å². The third-order valence-corrected chi connectivity index (χ3v) is 5.56. The van der Waals surface area contributed by atoms with Gasteiger partial charge < -0.3 is 5.32 Å². The van der Waals surface area contributed by atoms with Gasteiger partial charge in [-0.3, -0.25) is 9.88 Å². The molecule has 2 aromatic rings. The van der Waals surface area contributed by atoms with Gasteiger partial charge in [0.2, 0.25) is 0 Å². The van der Waals surface area contributed by atoms with E-state index in [9.17, 15) is 0 Å². The molecule has 136 valence electrons. The van der Waals surface area contributed by atoms with E-state index in [0.717, 1.165) is 15.9 Å². The first-order valence-electron chi connectivity index (χ1n) is 9.54. The molecule has 1 heterocycles. The molecule has 2 unspecified atom stereocenters. The normalized spacial score (nSPS) is 21.4. The molecule has 0 aliphatic heterocycles. The fourth-order valence-corrected chi connectivity index (χ4v) is 4.64. The van der Waals surface area contributed by atoms with Crippen LogP contribution in [0, 0.1) is 0 Å². The molecule has 1 N–H and O–H groups in total. The Kier molecular flexibility index (Phi) is 5.85. The maximum Gasteiger partial charge on any atom is 0.0737 e. The van der Waals surface area contributed by atoms with Crippen molar-refractivity contribution in [3.05, 3.63) is 35.5 Å². The van der Waals surface area contributed by atoms with Crippen LogP contribution in [-0.4, -0.2) is 34.1 Å². The summed E-state index contributed by atoms with van der Waals surface area (Å²) in [7, 11) is 0. The van der Waals surface area contributed by atoms with Crippen LogP contribution >= 0.6 is 11.6 Å². The Balaban J connectivity index is 1.77. The van der Waals surface area contributed by atoms with E-state index in [0.29, 0.717) is 24.2 Å². The molecular weight excluding hydrogens is 330 g/mol. The highest BCUT2D eigenvalue weighted by molar-refractivity contribution is 6.31. The average Bonchev–Trinajstić information content (AvgIpc) is 2.54. The second kappa shape index (κ2) is 7.92. The predicted octanol–water partition coefficient (Wildman–Crippen LogP) is 5.73. The minimum atomic E-state index is 0.514. The first-order valence-corrected chi connectivity index (χ1v) is 9.91. The third-order valence-electron chi connectivity index (χ3n) is 5.33. The zero-order valence-corrected chi connectivity index (χ0v) is 16.6. The summed E-state index contributed by atoms with van der Waals surface area (Å²) in [4.78, 5) is 7.13. The molecule has 4 heteroatoms. The Labute approximate surface area is 156 Å². The zero-order chi connectivity index (χ0) is 18.0. The van der Waals surface area contributed by atoms with E-state index in [4.69, 9.17) is 11.6 Å². The van der Waals surface area contributed by atoms with E-state index >= 15 is 0 Å². The molecule has 2 atom stereocenters. The van der Waals surface area contributed by atoms with Crippen molar-refractivity contribution in [3.8, 4) is 0 Å². The van der Waals surface area contributed by atoms with Gasteiger partial charge in [0.1, 0.15) is 0 Å². The summed E-state index contributed by atoms with van der Waals surface area (Å²) < 4.78 is 0. The van der Waals surface area contributed by atoms with Gasteiger partial charge in [-0.1, -0.05) is 11.6 Å². The fourth-order valence-electron chi connectivity index (χ4n) is 4.47. The summed E-state index contributed by atoms with van der Waals surface area (Å²) in [6.07, 6.45) is 6.90. The van der Waals surface area contributed by atoms with Crippen molar-refractivity contribution < 1.29 is 0 Å². The van der Waals surface area contributed by atoms with Crippen LogP contribution < -0.4 is 5.32 Å². The van der Waals surface area contributed by atoms with Crippen LogP contribution in [0.5, 0.6) is 0 Å². The van der Waals surface area contributed by atoms with E-state index in [1.807, 2.05) is 18.3 Å². The van der Waals surface area contributed by atoms with Crippen LogP contribution in [0.4, 0.5) is 5.69 Å². The first kappa shape index (κ1) is 18.5. The molecule has 1 aliphatic rings. The van der Waals surface area contributed by atoms with E-state index in [1.165, 1.54) is 31.4 Å². The number of nitrogens with one attached hydrogen (secondary N) is 1. The number of rotatable bonds is 5. The SMILES string of the molecule is CC(C)N(C(C)C)C1CCCC(Nc2ccnc3cc(Cl)ccc23)C1. The van der Waals surface area contributed by atoms with Crippen LogP contribution in [0.25, 0.3) is 10.9 Å². The first-order chi connectivity index (χ1) is 12.0. The molecule has 3 nitrogen and oxygen atoms in total. The second-order valence-corrected chi connectivity index (χ2v) is 8.25. The standard InChI is InChI=1S/C21H30ClN3/c1-14(2)25(15(3)4)18-7-5-6-17(13-18)24-20-10-11-23-21-12-16(22)8-9-19(20)21/h8-12,14-15,17-18H,5-7,13H2,1-4H3,(H,23,24). The minimum absolute atomic E-state index is 0.514. The molecule has 0 spiro atoms. The van der Waals surface area contributed by atoms with E-state index in [-0.39, 0.29) is 0 Å². The van der Waals surface area contributed by atoms with Crippen LogP contribution in [0.2, 0.25) is 5.02 Å². The molecule has 1 aromatic carbocycles. The topological polar surface area (TPSA) is 28.2 Å². The van der Waals surface area contributed by atoms with Crippen molar-refractivity contribution in [2.45, 2.75) is 77.5 Å². The van der Waals surface area contributed by atoms with Gasteiger partial charge in [-0.2, -0.15) is 0 Å². The van der Waals surface area contributed by atoms with E-state index in [1.54, 1.807) is 0 Å². The number of pyridine rings is 1. The van der Waals surface area contributed by atoms with Gasteiger partial charge in [0.05, 0.1) is 5.52 Å². The summed E-state index contributed by atoms with van der Waals surface area (Å²) in [5.41, 5.74) is 2.13. The third kappa shape index (κ3) is 4.27. The maximum absolute atomic E-state index is 6.11. The Morgan fingerprint density at radius 2 is 1.88 bits per heavy atom. The quantitative estimate of drug-likeness (QED) is 0.738. The van der Waals surface area contributed by atoms with E-state index < -0.39 is 0 Å². The van der Waals surface area contributed by atoms with Crippen molar-refractivity contribution in [2.75, 3.05) is 5.32 Å². The molecule has 3 rings (SSSR count). The molecule has 0 amide bonds. The summed E-state index contributed by atoms with van der Waals surface area (Å²) in [5, 5.41) is 5.68. The van der Waals surface area contributed by atoms with E-state index in [2.05, 4.69) is 55.0 Å². The Hall–Kier alpha value is -1.32. The molecule has 0 bridgehead atoms. The lowest BCUT2D eigenvalue weighted by Crippen LogP contribution is -2.48. The van der Waals surface area contributed by atoms with Crippen molar-refractivity contribution in [2.24, 2.45) is 0 Å². The van der Waals surface area contributed by atoms with Gasteiger partial charge in [0, 0.05) is 46.5 Å². The van der Waals surface area contributed by atoms with Gasteiger partial charge in [0.25, 0.3) is 0 Å². The predicted molar refractivity (Wildman–Crippen MR) is 109 cm³/mol. The van der Waals surface area contributed by atoms with Gasteiger partial charge in [-0.05, 0) is 77.6 Å². The average molecular weight is 360 g/mol.